The van der Waals surface area contributed by atoms with Gasteiger partial charge in [0, 0.05) is 62.3 Å². The smallest absolute Gasteiger partial charge is 0.416 e. The quantitative estimate of drug-likeness (QED) is 0.331. The molecule has 1 amide bonds. The largest absolute Gasteiger partial charge is 0.497 e. The Bertz CT molecular complexity index is 1560. The first kappa shape index (κ1) is 37.5. The van der Waals surface area contributed by atoms with Crippen LogP contribution in [0, 0.1) is 17.8 Å². The minimum Gasteiger partial charge on any atom is -0.497 e. The van der Waals surface area contributed by atoms with Gasteiger partial charge in [-0.05, 0) is 89.8 Å². The number of piperidine rings is 1. The molecule has 50 heavy (non-hydrogen) atoms. The van der Waals surface area contributed by atoms with Gasteiger partial charge in [0.1, 0.15) is 11.4 Å². The average Bonchev–Trinajstić information content (AvgIpc) is 3.69. The molecule has 12 heteroatoms. The van der Waals surface area contributed by atoms with Gasteiger partial charge in [0.15, 0.2) is 0 Å². The van der Waals surface area contributed by atoms with Gasteiger partial charge in [-0.3, -0.25) is 19.3 Å². The summed E-state index contributed by atoms with van der Waals surface area (Å²) in [7, 11) is 1.59. The number of rotatable bonds is 7. The molecular formula is C38H50F3N3O6. The van der Waals surface area contributed by atoms with Crippen molar-refractivity contribution in [1.82, 2.24) is 9.80 Å². The fourth-order valence-corrected chi connectivity index (χ4v) is 7.62. The van der Waals surface area contributed by atoms with Crippen LogP contribution >= 0.6 is 0 Å². The van der Waals surface area contributed by atoms with Crippen LogP contribution in [-0.2, 0) is 25.3 Å². The number of likely N-dealkylation sites (tertiary alicyclic amines) is 2. The number of halogens is 3. The zero-order chi connectivity index (χ0) is 36.8. The zero-order valence-corrected chi connectivity index (χ0v) is 30.0. The standard InChI is InChI=1S/C38H50F3N3O6/c1-36(2,3)44-21-28(23-8-11-26(49-7)12-9-23)30(22-44)33(45)43-19-29(31(20-43)34(46)47)27-13-10-25(38(39,40)41)18-32(27)42-16-14-24(15-17-42)35(48)50-37(4,5)6/h8-13,18,24,28-31H,14-17,19-22H2,1-7H3,(H,46,47)/t28-,29+,30+,31-/m0/s1. The minimum atomic E-state index is -4.61. The van der Waals surface area contributed by atoms with E-state index in [0.717, 1.165) is 17.7 Å². The third-order valence-electron chi connectivity index (χ3n) is 10.4. The second-order valence-electron chi connectivity index (χ2n) is 15.9. The van der Waals surface area contributed by atoms with Crippen LogP contribution in [0.3, 0.4) is 0 Å². The molecule has 0 bridgehead atoms. The highest BCUT2D eigenvalue weighted by molar-refractivity contribution is 5.83. The summed E-state index contributed by atoms with van der Waals surface area (Å²) in [6.45, 7) is 13.4. The van der Waals surface area contributed by atoms with E-state index in [9.17, 15) is 32.7 Å². The molecule has 0 aromatic heterocycles. The molecule has 274 valence electrons. The summed E-state index contributed by atoms with van der Waals surface area (Å²) in [5, 5.41) is 10.4. The molecule has 0 radical (unpaired) electrons. The Kier molecular flexibility index (Phi) is 10.5. The number of hydrogen-bond donors (Lipinski definition) is 1. The first-order chi connectivity index (χ1) is 23.3. The van der Waals surface area contributed by atoms with Gasteiger partial charge < -0.3 is 24.4 Å². The van der Waals surface area contributed by atoms with Crippen molar-refractivity contribution in [3.63, 3.8) is 0 Å². The summed E-state index contributed by atoms with van der Waals surface area (Å²) < 4.78 is 52.9. The molecule has 0 spiro atoms. The molecule has 3 fully saturated rings. The van der Waals surface area contributed by atoms with Crippen molar-refractivity contribution < 1.29 is 42.1 Å². The van der Waals surface area contributed by atoms with E-state index in [1.165, 1.54) is 6.07 Å². The molecule has 2 aromatic carbocycles. The Hall–Kier alpha value is -3.80. The number of carbonyl (C=O) groups is 3. The number of benzene rings is 2. The number of carbonyl (C=O) groups excluding carboxylic acids is 2. The van der Waals surface area contributed by atoms with Crippen molar-refractivity contribution in [2.45, 2.75) is 83.5 Å². The van der Waals surface area contributed by atoms with Crippen molar-refractivity contribution in [3.05, 3.63) is 59.2 Å². The topological polar surface area (TPSA) is 99.6 Å². The lowest BCUT2D eigenvalue weighted by molar-refractivity contribution is -0.160. The van der Waals surface area contributed by atoms with Crippen LogP contribution in [0.4, 0.5) is 18.9 Å². The van der Waals surface area contributed by atoms with Gasteiger partial charge in [-0.2, -0.15) is 13.2 Å². The molecule has 5 rings (SSSR count). The predicted octanol–water partition coefficient (Wildman–Crippen LogP) is 6.41. The number of nitrogens with zero attached hydrogens (tertiary/aromatic N) is 3. The van der Waals surface area contributed by atoms with E-state index in [1.807, 2.05) is 29.2 Å². The second-order valence-corrected chi connectivity index (χ2v) is 15.9. The molecule has 3 aliphatic heterocycles. The number of carboxylic acid groups (broad SMARTS) is 1. The molecule has 9 nitrogen and oxygen atoms in total. The van der Waals surface area contributed by atoms with Crippen LogP contribution in [0.15, 0.2) is 42.5 Å². The molecular weight excluding hydrogens is 651 g/mol. The lowest BCUT2D eigenvalue weighted by Crippen LogP contribution is -2.42. The van der Waals surface area contributed by atoms with E-state index in [-0.39, 0.29) is 42.3 Å². The number of methoxy groups -OCH3 is 1. The Morgan fingerprint density at radius 3 is 2.00 bits per heavy atom. The highest BCUT2D eigenvalue weighted by atomic mass is 19.4. The molecule has 2 aromatic rings. The highest BCUT2D eigenvalue weighted by Crippen LogP contribution is 2.44. The number of alkyl halides is 3. The summed E-state index contributed by atoms with van der Waals surface area (Å²) in [4.78, 5) is 45.6. The van der Waals surface area contributed by atoms with Crippen molar-refractivity contribution >= 4 is 23.5 Å². The number of ether oxygens (including phenoxy) is 2. The van der Waals surface area contributed by atoms with Crippen LogP contribution in [-0.4, -0.2) is 90.3 Å². The Labute approximate surface area is 292 Å². The van der Waals surface area contributed by atoms with E-state index >= 15 is 0 Å². The predicted molar refractivity (Wildman–Crippen MR) is 183 cm³/mol. The van der Waals surface area contributed by atoms with Gasteiger partial charge in [-0.15, -0.1) is 0 Å². The molecule has 4 atom stereocenters. The summed E-state index contributed by atoms with van der Waals surface area (Å²) in [5.41, 5.74) is 0.0520. The second kappa shape index (κ2) is 14.1. The number of anilines is 1. The normalized spacial score (nSPS) is 24.0. The molecule has 0 saturated carbocycles. The van der Waals surface area contributed by atoms with E-state index in [1.54, 1.807) is 32.8 Å². The van der Waals surface area contributed by atoms with Crippen molar-refractivity contribution in [2.75, 3.05) is 51.3 Å². The molecule has 3 saturated heterocycles. The summed E-state index contributed by atoms with van der Waals surface area (Å²) in [6, 6.07) is 11.1. The van der Waals surface area contributed by atoms with Gasteiger partial charge in [-0.1, -0.05) is 18.2 Å². The van der Waals surface area contributed by atoms with E-state index in [4.69, 9.17) is 9.47 Å². The SMILES string of the molecule is COc1ccc([C@@H]2CN(C(C)(C)C)C[C@H]2C(=O)N2C[C@H](C(=O)O)[C@@H](c3ccc(C(F)(F)F)cc3N3CCC(C(=O)OC(C)(C)C)CC3)C2)cc1. The Morgan fingerprint density at radius 1 is 0.820 bits per heavy atom. The number of carboxylic acids is 1. The lowest BCUT2D eigenvalue weighted by atomic mass is 9.86. The average molecular weight is 702 g/mol. The van der Waals surface area contributed by atoms with E-state index < -0.39 is 41.1 Å². The van der Waals surface area contributed by atoms with Gasteiger partial charge in [-0.25, -0.2) is 0 Å². The Morgan fingerprint density at radius 2 is 1.46 bits per heavy atom. The van der Waals surface area contributed by atoms with Crippen LogP contribution in [0.5, 0.6) is 5.75 Å². The molecule has 0 aliphatic carbocycles. The van der Waals surface area contributed by atoms with E-state index in [2.05, 4.69) is 25.7 Å². The number of esters is 1. The number of amides is 1. The maximum absolute atomic E-state index is 14.4. The summed E-state index contributed by atoms with van der Waals surface area (Å²) >= 11 is 0. The third kappa shape index (κ3) is 8.22. The van der Waals surface area contributed by atoms with Crippen LogP contribution < -0.4 is 9.64 Å². The third-order valence-corrected chi connectivity index (χ3v) is 10.4. The van der Waals surface area contributed by atoms with Gasteiger partial charge in [0.2, 0.25) is 5.91 Å². The van der Waals surface area contributed by atoms with Gasteiger partial charge in [0.05, 0.1) is 30.4 Å². The van der Waals surface area contributed by atoms with Gasteiger partial charge >= 0.3 is 18.1 Å². The highest BCUT2D eigenvalue weighted by Gasteiger charge is 2.48. The molecule has 0 unspecified atom stereocenters. The van der Waals surface area contributed by atoms with E-state index in [0.29, 0.717) is 56.0 Å². The van der Waals surface area contributed by atoms with Crippen molar-refractivity contribution in [2.24, 2.45) is 17.8 Å². The van der Waals surface area contributed by atoms with Crippen molar-refractivity contribution in [3.8, 4) is 5.75 Å². The van der Waals surface area contributed by atoms with Crippen LogP contribution in [0.2, 0.25) is 0 Å². The Balaban J connectivity index is 1.43. The maximum Gasteiger partial charge on any atom is 0.416 e. The first-order valence-electron chi connectivity index (χ1n) is 17.4. The summed E-state index contributed by atoms with van der Waals surface area (Å²) in [6.07, 6.45) is -3.83. The fraction of sp³-hybridized carbons (Fsp3) is 0.605. The molecule has 3 aliphatic rings. The number of hydrogen-bond acceptors (Lipinski definition) is 7. The maximum atomic E-state index is 14.4. The number of aliphatic carboxylic acids is 1. The van der Waals surface area contributed by atoms with Gasteiger partial charge in [0.25, 0.3) is 0 Å². The monoisotopic (exact) mass is 701 g/mol. The fourth-order valence-electron chi connectivity index (χ4n) is 7.62. The van der Waals surface area contributed by atoms with Crippen molar-refractivity contribution in [1.29, 1.82) is 0 Å². The minimum absolute atomic E-state index is 0.0403. The summed E-state index contributed by atoms with van der Waals surface area (Å²) in [5.74, 6) is -3.57. The lowest BCUT2D eigenvalue weighted by Gasteiger charge is -2.36. The molecule has 1 N–H and O–H groups in total. The molecule has 3 heterocycles. The van der Waals surface area contributed by atoms with Crippen LogP contribution in [0.1, 0.15) is 82.9 Å². The zero-order valence-electron chi connectivity index (χ0n) is 30.0. The first-order valence-corrected chi connectivity index (χ1v) is 17.4. The van der Waals surface area contributed by atoms with Crippen LogP contribution in [0.25, 0.3) is 0 Å².